The molecule has 0 aliphatic rings. The van der Waals surface area contributed by atoms with E-state index in [1.165, 1.54) is 0 Å². The minimum atomic E-state index is -0.608. The van der Waals surface area contributed by atoms with Crippen LogP contribution < -0.4 is 0 Å². The van der Waals surface area contributed by atoms with Gasteiger partial charge in [-0.2, -0.15) is 0 Å². The van der Waals surface area contributed by atoms with Gasteiger partial charge in [0, 0.05) is 6.20 Å². The summed E-state index contributed by atoms with van der Waals surface area (Å²) in [4.78, 5) is 16.4. The molecular weight excluding hydrogens is 332 g/mol. The molecule has 2 heterocycles. The number of aliphatic hydroxyl groups excluding tert-OH is 1. The molecule has 1 unspecified atom stereocenters. The van der Waals surface area contributed by atoms with E-state index in [1.54, 1.807) is 30.5 Å². The number of esters is 1. The number of hydrogen-bond acceptors (Lipinski definition) is 5. The fraction of sp³-hybridized carbons (Fsp3) is 0.300. The Morgan fingerprint density at radius 3 is 2.69 bits per heavy atom. The second-order valence-electron chi connectivity index (χ2n) is 6.11. The summed E-state index contributed by atoms with van der Waals surface area (Å²) in [5, 5.41) is 20.9. The third-order valence-corrected chi connectivity index (χ3v) is 4.37. The maximum atomic E-state index is 12.1. The summed E-state index contributed by atoms with van der Waals surface area (Å²) in [6, 6.07) is 11.1. The number of carbonyl (C=O) groups is 1. The first-order valence-electron chi connectivity index (χ1n) is 8.62. The number of fused-ring (bicyclic) bond motifs is 1. The molecule has 1 aromatic carbocycles. The van der Waals surface area contributed by atoms with Gasteiger partial charge in [0.2, 0.25) is 0 Å². The van der Waals surface area contributed by atoms with E-state index in [0.29, 0.717) is 35.4 Å². The van der Waals surface area contributed by atoms with E-state index in [4.69, 9.17) is 4.74 Å². The van der Waals surface area contributed by atoms with Crippen LogP contribution in [0.25, 0.3) is 5.65 Å². The predicted molar refractivity (Wildman–Crippen MR) is 97.3 cm³/mol. The van der Waals surface area contributed by atoms with E-state index in [1.807, 2.05) is 30.3 Å². The van der Waals surface area contributed by atoms with Crippen LogP contribution in [0.4, 0.5) is 0 Å². The Kier molecular flexibility index (Phi) is 5.23. The molecule has 3 rings (SSSR count). The first-order chi connectivity index (χ1) is 12.5. The lowest BCUT2D eigenvalue weighted by Gasteiger charge is -2.12. The summed E-state index contributed by atoms with van der Waals surface area (Å²) in [6.45, 7) is 3.72. The highest BCUT2D eigenvalue weighted by Gasteiger charge is 2.21. The molecule has 0 saturated heterocycles. The number of aromatic nitrogens is 2. The zero-order valence-electron chi connectivity index (χ0n) is 14.8. The summed E-state index contributed by atoms with van der Waals surface area (Å²) in [6.07, 6.45) is 2.05. The van der Waals surface area contributed by atoms with Crippen LogP contribution in [0.5, 0.6) is 5.75 Å². The van der Waals surface area contributed by atoms with Crippen molar-refractivity contribution in [2.75, 3.05) is 6.61 Å². The Balaban J connectivity index is 1.85. The maximum Gasteiger partial charge on any atom is 0.357 e. The monoisotopic (exact) mass is 354 g/mol. The molecule has 0 bridgehead atoms. The molecule has 3 aromatic rings. The SMILES string of the molecule is CCOC(=O)c1c(C)nc2c(O)c(CCC(O)c3ccccc3)ccn12. The fourth-order valence-corrected chi connectivity index (χ4v) is 3.03. The number of hydrogen-bond donors (Lipinski definition) is 2. The van der Waals surface area contributed by atoms with Crippen LogP contribution in [0.3, 0.4) is 0 Å². The van der Waals surface area contributed by atoms with E-state index in [9.17, 15) is 15.0 Å². The molecule has 0 aliphatic heterocycles. The number of ether oxygens (including phenoxy) is 1. The highest BCUT2D eigenvalue weighted by atomic mass is 16.5. The normalized spacial score (nSPS) is 12.3. The van der Waals surface area contributed by atoms with Crippen LogP contribution in [-0.2, 0) is 11.2 Å². The minimum Gasteiger partial charge on any atom is -0.504 e. The van der Waals surface area contributed by atoms with Crippen LogP contribution in [0.15, 0.2) is 42.6 Å². The first kappa shape index (κ1) is 17.9. The average Bonchev–Trinajstić information content (AvgIpc) is 2.99. The summed E-state index contributed by atoms with van der Waals surface area (Å²) < 4.78 is 6.60. The highest BCUT2D eigenvalue weighted by Crippen LogP contribution is 2.28. The lowest BCUT2D eigenvalue weighted by Crippen LogP contribution is -2.09. The second-order valence-corrected chi connectivity index (χ2v) is 6.11. The molecule has 0 amide bonds. The van der Waals surface area contributed by atoms with E-state index in [2.05, 4.69) is 4.98 Å². The predicted octanol–water partition coefficient (Wildman–Crippen LogP) is 3.19. The smallest absolute Gasteiger partial charge is 0.357 e. The summed E-state index contributed by atoms with van der Waals surface area (Å²) in [5.41, 5.74) is 2.65. The molecule has 26 heavy (non-hydrogen) atoms. The third kappa shape index (κ3) is 3.41. The lowest BCUT2D eigenvalue weighted by molar-refractivity contribution is 0.0517. The largest absolute Gasteiger partial charge is 0.504 e. The molecule has 2 aromatic heterocycles. The molecule has 136 valence electrons. The van der Waals surface area contributed by atoms with Gasteiger partial charge in [0.05, 0.1) is 18.4 Å². The Hall–Kier alpha value is -2.86. The lowest BCUT2D eigenvalue weighted by atomic mass is 10.0. The van der Waals surface area contributed by atoms with Gasteiger partial charge in [-0.15, -0.1) is 0 Å². The number of aryl methyl sites for hydroxylation is 2. The summed E-state index contributed by atoms with van der Waals surface area (Å²) in [5.74, 6) is -0.449. The van der Waals surface area contributed by atoms with E-state index >= 15 is 0 Å². The van der Waals surface area contributed by atoms with Crippen LogP contribution >= 0.6 is 0 Å². The number of carbonyl (C=O) groups excluding carboxylic acids is 1. The van der Waals surface area contributed by atoms with Gasteiger partial charge in [0.25, 0.3) is 0 Å². The summed E-state index contributed by atoms with van der Waals surface area (Å²) >= 11 is 0. The molecule has 0 fully saturated rings. The molecule has 1 atom stereocenters. The van der Waals surface area contributed by atoms with Crippen LogP contribution in [0.2, 0.25) is 0 Å². The van der Waals surface area contributed by atoms with Crippen molar-refractivity contribution in [1.29, 1.82) is 0 Å². The van der Waals surface area contributed by atoms with Crippen molar-refractivity contribution in [1.82, 2.24) is 9.38 Å². The number of aromatic hydroxyl groups is 1. The number of imidazole rings is 1. The average molecular weight is 354 g/mol. The van der Waals surface area contributed by atoms with Crippen molar-refractivity contribution in [2.24, 2.45) is 0 Å². The minimum absolute atomic E-state index is 0.0198. The molecule has 0 spiro atoms. The van der Waals surface area contributed by atoms with Gasteiger partial charge in [0.1, 0.15) is 0 Å². The molecule has 0 aliphatic carbocycles. The van der Waals surface area contributed by atoms with E-state index < -0.39 is 12.1 Å². The highest BCUT2D eigenvalue weighted by molar-refractivity contribution is 5.90. The van der Waals surface area contributed by atoms with E-state index in [-0.39, 0.29) is 12.4 Å². The number of rotatable bonds is 6. The van der Waals surface area contributed by atoms with Gasteiger partial charge in [-0.05, 0) is 43.9 Å². The van der Waals surface area contributed by atoms with Gasteiger partial charge in [-0.25, -0.2) is 9.78 Å². The molecular formula is C20H22N2O4. The van der Waals surface area contributed by atoms with Crippen molar-refractivity contribution >= 4 is 11.6 Å². The Bertz CT molecular complexity index is 918. The fourth-order valence-electron chi connectivity index (χ4n) is 3.03. The van der Waals surface area contributed by atoms with E-state index in [0.717, 1.165) is 5.56 Å². The molecule has 0 radical (unpaired) electrons. The zero-order valence-corrected chi connectivity index (χ0v) is 14.8. The Morgan fingerprint density at radius 2 is 2.00 bits per heavy atom. The maximum absolute atomic E-state index is 12.1. The number of aliphatic hydroxyl groups is 1. The summed E-state index contributed by atoms with van der Waals surface area (Å²) in [7, 11) is 0. The standard InChI is InChI=1S/C20H22N2O4/c1-3-26-20(25)17-13(2)21-19-18(24)15(11-12-22(17)19)9-10-16(23)14-7-5-4-6-8-14/h4-8,11-12,16,23-24H,3,9-10H2,1-2H3. The van der Waals surface area contributed by atoms with Gasteiger partial charge < -0.3 is 14.9 Å². The molecule has 6 heteroatoms. The number of nitrogens with zero attached hydrogens (tertiary/aromatic N) is 2. The van der Waals surface area contributed by atoms with Gasteiger partial charge in [-0.3, -0.25) is 4.40 Å². The second kappa shape index (κ2) is 7.58. The van der Waals surface area contributed by atoms with Gasteiger partial charge >= 0.3 is 5.97 Å². The first-order valence-corrected chi connectivity index (χ1v) is 8.62. The number of pyridine rings is 1. The van der Waals surface area contributed by atoms with Crippen molar-refractivity contribution in [3.63, 3.8) is 0 Å². The van der Waals surface area contributed by atoms with Crippen molar-refractivity contribution < 1.29 is 19.7 Å². The third-order valence-electron chi connectivity index (χ3n) is 4.37. The molecule has 0 saturated carbocycles. The topological polar surface area (TPSA) is 84.1 Å². The van der Waals surface area contributed by atoms with Gasteiger partial charge in [-0.1, -0.05) is 30.3 Å². The van der Waals surface area contributed by atoms with Crippen molar-refractivity contribution in [3.8, 4) is 5.75 Å². The molecule has 2 N–H and O–H groups in total. The van der Waals surface area contributed by atoms with Crippen LogP contribution in [0.1, 0.15) is 46.8 Å². The zero-order chi connectivity index (χ0) is 18.7. The Morgan fingerprint density at radius 1 is 1.27 bits per heavy atom. The van der Waals surface area contributed by atoms with Crippen LogP contribution in [0, 0.1) is 6.92 Å². The van der Waals surface area contributed by atoms with Gasteiger partial charge in [0.15, 0.2) is 17.1 Å². The Labute approximate surface area is 151 Å². The van der Waals surface area contributed by atoms with Crippen molar-refractivity contribution in [3.05, 3.63) is 65.1 Å². The van der Waals surface area contributed by atoms with Crippen molar-refractivity contribution in [2.45, 2.75) is 32.8 Å². The number of benzene rings is 1. The van der Waals surface area contributed by atoms with Crippen LogP contribution in [-0.4, -0.2) is 32.2 Å². The molecule has 6 nitrogen and oxygen atoms in total. The quantitative estimate of drug-likeness (QED) is 0.664.